The fourth-order valence-corrected chi connectivity index (χ4v) is 18.5. The molecular weight excluding hydrogens is 1850 g/mol. The van der Waals surface area contributed by atoms with Crippen molar-refractivity contribution < 1.29 is 50.6 Å². The molecule has 3 atom stereocenters. The number of anilines is 1. The van der Waals surface area contributed by atoms with Gasteiger partial charge in [0, 0.05) is 114 Å². The second-order valence-corrected chi connectivity index (χ2v) is 36.0. The number of hydrogen-bond acceptors (Lipinski definition) is 28. The monoisotopic (exact) mass is 1930 g/mol. The molecule has 0 saturated carbocycles. The Balaban J connectivity index is 0.000000130. The van der Waals surface area contributed by atoms with E-state index in [4.69, 9.17) is 26.6 Å². The number of ether oxygens (including phenoxy) is 1. The number of benzene rings is 6. The molecular formula is C97H85F6N21O7S5. The van der Waals surface area contributed by atoms with E-state index in [0.29, 0.717) is 91.5 Å². The second-order valence-electron chi connectivity index (χ2n) is 31.5. The van der Waals surface area contributed by atoms with Crippen LogP contribution in [0.15, 0.2) is 232 Å². The number of nitrogen functional groups attached to an aromatic ring is 1. The number of aliphatic hydroxyl groups excluding tert-OH is 1. The fourth-order valence-electron chi connectivity index (χ4n) is 15.4. The van der Waals surface area contributed by atoms with Gasteiger partial charge in [-0.1, -0.05) is 97.8 Å². The Hall–Kier alpha value is -14.5. The van der Waals surface area contributed by atoms with Crippen molar-refractivity contribution in [3.05, 3.63) is 326 Å². The Bertz CT molecular complexity index is 7110. The van der Waals surface area contributed by atoms with Crippen molar-refractivity contribution in [1.29, 1.82) is 5.26 Å². The number of Topliss-reactive ketones (excluding diaryl/α,β-unsaturated/α-hetero) is 2. The fraction of sp³-hybridized carbons (Fsp3) is 0.216. The number of amides is 1. The smallest absolute Gasteiger partial charge is 0.284 e. The average molecular weight is 1930 g/mol. The molecule has 136 heavy (non-hydrogen) atoms. The van der Waals surface area contributed by atoms with Crippen molar-refractivity contribution in [2.45, 2.75) is 115 Å². The van der Waals surface area contributed by atoms with Crippen molar-refractivity contribution in [3.8, 4) is 55.6 Å². The zero-order valence-corrected chi connectivity index (χ0v) is 76.9. The van der Waals surface area contributed by atoms with Gasteiger partial charge in [-0.3, -0.25) is 49.0 Å². The van der Waals surface area contributed by atoms with Crippen molar-refractivity contribution in [1.82, 2.24) is 89.1 Å². The molecule has 0 spiro atoms. The quantitative estimate of drug-likeness (QED) is 0.0196. The minimum absolute atomic E-state index is 0.0142. The zero-order chi connectivity index (χ0) is 95.3. The number of imidazole rings is 2. The van der Waals surface area contributed by atoms with Gasteiger partial charge < -0.3 is 50.5 Å². The lowest BCUT2D eigenvalue weighted by molar-refractivity contribution is -0.120. The number of ketones is 2. The van der Waals surface area contributed by atoms with Crippen LogP contribution in [-0.4, -0.2) is 138 Å². The van der Waals surface area contributed by atoms with Crippen LogP contribution in [0.4, 0.5) is 32.2 Å². The van der Waals surface area contributed by atoms with E-state index in [-0.39, 0.29) is 71.4 Å². The van der Waals surface area contributed by atoms with Crippen LogP contribution >= 0.6 is 56.7 Å². The van der Waals surface area contributed by atoms with Gasteiger partial charge in [0.15, 0.2) is 69.1 Å². The van der Waals surface area contributed by atoms with E-state index >= 15 is 0 Å². The first-order valence-electron chi connectivity index (χ1n) is 42.7. The highest BCUT2D eigenvalue weighted by molar-refractivity contribution is 7.13. The molecule has 1 saturated heterocycles. The third-order valence-corrected chi connectivity index (χ3v) is 26.3. The second kappa shape index (κ2) is 45.5. The summed E-state index contributed by atoms with van der Waals surface area (Å²) in [5.74, 6) is -3.70. The highest BCUT2D eigenvalue weighted by atomic mass is 32.1. The van der Waals surface area contributed by atoms with Gasteiger partial charge in [0.05, 0.1) is 96.4 Å². The van der Waals surface area contributed by atoms with Crippen LogP contribution in [0.3, 0.4) is 0 Å². The molecule has 692 valence electrons. The number of hydrogen-bond donors (Lipinski definition) is 6. The van der Waals surface area contributed by atoms with Crippen LogP contribution in [0.2, 0.25) is 0 Å². The molecule has 1 aliphatic heterocycles. The number of H-pyrrole nitrogens is 2. The summed E-state index contributed by atoms with van der Waals surface area (Å²) in [6, 6.07) is 41.9. The maximum absolute atomic E-state index is 14.8. The summed E-state index contributed by atoms with van der Waals surface area (Å²) >= 11 is 7.10. The molecule has 0 unspecified atom stereocenters. The number of nitriles is 1. The number of pyridine rings is 3. The summed E-state index contributed by atoms with van der Waals surface area (Å²) in [6.07, 6.45) is 20.6. The van der Waals surface area contributed by atoms with Crippen molar-refractivity contribution in [2.75, 3.05) is 25.4 Å². The summed E-state index contributed by atoms with van der Waals surface area (Å²) in [6.45, 7) is 6.39. The van der Waals surface area contributed by atoms with E-state index in [1.54, 1.807) is 87.3 Å². The number of halogens is 6. The molecule has 1 fully saturated rings. The number of aromatic amines is 2. The van der Waals surface area contributed by atoms with E-state index in [1.165, 1.54) is 111 Å². The average Bonchev–Trinajstić information content (AvgIpc) is 1.22. The van der Waals surface area contributed by atoms with Crippen LogP contribution in [0.25, 0.3) is 88.2 Å². The molecule has 0 bridgehead atoms. The third kappa shape index (κ3) is 23.8. The maximum Gasteiger partial charge on any atom is 0.284 e. The van der Waals surface area contributed by atoms with Gasteiger partial charge in [0.1, 0.15) is 40.2 Å². The normalized spacial score (nSPS) is 12.7. The zero-order valence-electron chi connectivity index (χ0n) is 72.8. The highest BCUT2D eigenvalue weighted by Gasteiger charge is 2.29. The standard InChI is InChI=1S/C26H28N2O3S.C20H22N4S.C19H12F2N6OS.C18H9F3N6OS.C14H14FN3O2S/c1-19(29)9-4-2-7-14-23(28-26(31)25-17-27-18-32-25)24(30)16-20-10-8-13-22(15-20)21-11-5-3-6-12-21;21-20-3-1-2-19(23-20)17-6-4-15(5-7-17)16-8-10-24(11-9-16)13-18-12-22-14-25-18;1-9-11(10-2-3-12(20)14(21)15(10)25-19(9)28)7-27-17(13-6-22-8-29-13)26-16-18(27)24-5-4-23-16;19-10-2-1-8-9(12(20)18(28)25-14(8)13(10)21)6-27-16(11-5-22-7-29-11)26-15-17(27)24-4-3-23-15;15-10-1-2-12(9(3-10)5-16)20-13(4-11(17)7-19)14-6-18-8-21-14/h3,5-6,8,10-13,15,17-18,23H,2,4,7,9,14,16H2,1H3,(H,28,31);1-7,12,14,16H,8-11,13H2,(H2,21,23);2-6,8H,7H2,1H3,(H,25,28);1-5,7H,6H2,(H,25,28);1-3,6,8,11,13,19H,4,7,17H2/t23-;;;;11-,13+/m0...0/s1. The van der Waals surface area contributed by atoms with E-state index in [0.717, 1.165) is 94.8 Å². The number of likely N-dealkylation sites (tertiary alicyclic amines) is 1. The summed E-state index contributed by atoms with van der Waals surface area (Å²) < 4.78 is 93.0. The first-order chi connectivity index (χ1) is 66.0. The molecule has 19 rings (SSSR count). The number of piperidine rings is 1. The summed E-state index contributed by atoms with van der Waals surface area (Å²) in [5, 5.41) is 21.5. The predicted molar refractivity (Wildman–Crippen MR) is 512 cm³/mol. The van der Waals surface area contributed by atoms with Gasteiger partial charge in [0.2, 0.25) is 0 Å². The third-order valence-electron chi connectivity index (χ3n) is 22.3. The van der Waals surface area contributed by atoms with E-state index in [2.05, 4.69) is 104 Å². The van der Waals surface area contributed by atoms with Gasteiger partial charge in [-0.15, -0.1) is 56.7 Å². The number of thiazole rings is 5. The number of aromatic nitrogens is 16. The molecule has 28 nitrogen and oxygen atoms in total. The number of carbonyl (C=O) groups excluding carboxylic acids is 3. The molecule has 1 amide bonds. The molecule has 8 N–H and O–H groups in total. The predicted octanol–water partition coefficient (Wildman–Crippen LogP) is 18.1. The summed E-state index contributed by atoms with van der Waals surface area (Å²) in [7, 11) is 0. The Morgan fingerprint density at radius 3 is 1.82 bits per heavy atom. The highest BCUT2D eigenvalue weighted by Crippen LogP contribution is 2.37. The van der Waals surface area contributed by atoms with E-state index < -0.39 is 69.7 Å². The minimum Gasteiger partial charge on any atom is -0.483 e. The molecule has 0 aliphatic carbocycles. The molecule has 1 aliphatic rings. The number of fused-ring (bicyclic) bond motifs is 4. The first kappa shape index (κ1) is 96.1. The number of nitrogens with one attached hydrogen (secondary N) is 3. The lowest BCUT2D eigenvalue weighted by Crippen LogP contribution is -2.41. The number of nitrogens with two attached hydrogens (primary N) is 2. The van der Waals surface area contributed by atoms with Crippen molar-refractivity contribution in [2.24, 2.45) is 5.73 Å². The van der Waals surface area contributed by atoms with Gasteiger partial charge in [-0.25, -0.2) is 61.2 Å². The number of nitrogens with zero attached hydrogens (tertiary/aromatic N) is 16. The Kier molecular flexibility index (Phi) is 32.1. The molecule has 13 heterocycles. The van der Waals surface area contributed by atoms with Crippen molar-refractivity contribution in [3.63, 3.8) is 0 Å². The van der Waals surface area contributed by atoms with Gasteiger partial charge in [-0.2, -0.15) is 5.26 Å². The first-order valence-corrected chi connectivity index (χ1v) is 47.1. The molecule has 0 radical (unpaired) electrons. The Labute approximate surface area is 792 Å². The molecule has 6 aromatic carbocycles. The Morgan fingerprint density at radius 1 is 0.610 bits per heavy atom. The largest absolute Gasteiger partial charge is 0.483 e. The van der Waals surface area contributed by atoms with Gasteiger partial charge >= 0.3 is 0 Å². The van der Waals surface area contributed by atoms with Gasteiger partial charge in [0.25, 0.3) is 17.0 Å². The number of carbonyl (C=O) groups is 3. The van der Waals surface area contributed by atoms with Gasteiger partial charge in [-0.05, 0) is 141 Å². The molecule has 12 aromatic heterocycles. The summed E-state index contributed by atoms with van der Waals surface area (Å²) in [4.78, 5) is 123. The Morgan fingerprint density at radius 2 is 1.21 bits per heavy atom. The van der Waals surface area contributed by atoms with E-state index in [9.17, 15) is 50.3 Å². The lowest BCUT2D eigenvalue weighted by Gasteiger charge is -2.31. The number of rotatable bonds is 28. The minimum atomic E-state index is -1.25. The molecule has 18 aromatic rings. The van der Waals surface area contributed by atoms with Crippen LogP contribution in [0.5, 0.6) is 5.75 Å². The van der Waals surface area contributed by atoms with E-state index in [1.807, 2.05) is 90.6 Å². The maximum atomic E-state index is 14.8. The van der Waals surface area contributed by atoms with Crippen molar-refractivity contribution >= 4 is 124 Å². The van der Waals surface area contributed by atoms with Crippen LogP contribution in [-0.2, 0) is 35.6 Å². The lowest BCUT2D eigenvalue weighted by atomic mass is 9.89. The van der Waals surface area contributed by atoms with Crippen LogP contribution in [0.1, 0.15) is 123 Å². The molecule has 39 heteroatoms. The summed E-state index contributed by atoms with van der Waals surface area (Å²) in [5.41, 5.74) is 27.0. The van der Waals surface area contributed by atoms with Crippen LogP contribution < -0.4 is 32.6 Å². The topological polar surface area (TPSA) is 402 Å². The van der Waals surface area contributed by atoms with Crippen LogP contribution in [0, 0.1) is 53.2 Å². The number of unbranched alkanes of at least 4 members (excludes halogenated alkanes) is 2. The SMILES string of the molecule is CC(=O)CCCCC[C@H](NC(=O)c1cncs1)C(=O)Cc1cccc(-c2ccccc2)c1.Cc1c(Cn2c(-c3cncs3)nc3nccnc32)c2ccc(F)c(F)c2[nH]c1=O.N#Cc1cc(F)ccc1O[C@H](C[C@H](N)CO)c1cncs1.Nc1cccc(-c2ccc(C3CCN(Cc4cncs4)CC3)cc2)n1.O=c1[nH]c2c(F)c(F)ccc2c(Cn2c(-c3cncs3)nc3nccnc32)c1F. The number of aliphatic hydroxyl groups is 1.